The molecular formula is C15H17FN2O2. The lowest BCUT2D eigenvalue weighted by Crippen LogP contribution is -2.26. The quantitative estimate of drug-likeness (QED) is 0.913. The fraction of sp³-hybridized carbons (Fsp3) is 0.333. The van der Waals surface area contributed by atoms with Crippen molar-refractivity contribution in [2.24, 2.45) is 5.92 Å². The first-order valence-corrected chi connectivity index (χ1v) is 6.53. The molecule has 0 aliphatic heterocycles. The van der Waals surface area contributed by atoms with E-state index < -0.39 is 0 Å². The van der Waals surface area contributed by atoms with Crippen molar-refractivity contribution in [2.45, 2.75) is 20.3 Å². The zero-order valence-corrected chi connectivity index (χ0v) is 11.5. The molecule has 1 heterocycles. The third-order valence-electron chi connectivity index (χ3n) is 2.75. The summed E-state index contributed by atoms with van der Waals surface area (Å²) in [4.78, 5) is 11.8. The topological polar surface area (TPSA) is 55.1 Å². The Morgan fingerprint density at radius 1 is 1.35 bits per heavy atom. The van der Waals surface area contributed by atoms with Crippen LogP contribution < -0.4 is 5.32 Å². The summed E-state index contributed by atoms with van der Waals surface area (Å²) in [5.41, 5.74) is 1.56. The highest BCUT2D eigenvalue weighted by atomic mass is 19.1. The third kappa shape index (κ3) is 3.91. The number of benzene rings is 1. The molecule has 1 aromatic carbocycles. The van der Waals surface area contributed by atoms with E-state index in [1.807, 2.05) is 13.8 Å². The van der Waals surface area contributed by atoms with E-state index >= 15 is 0 Å². The molecule has 0 saturated heterocycles. The highest BCUT2D eigenvalue weighted by molar-refractivity contribution is 5.91. The highest BCUT2D eigenvalue weighted by Gasteiger charge is 2.13. The minimum atomic E-state index is -0.275. The largest absolute Gasteiger partial charge is 0.351 e. The first-order valence-electron chi connectivity index (χ1n) is 6.53. The molecule has 4 nitrogen and oxygen atoms in total. The molecule has 5 heteroatoms. The van der Waals surface area contributed by atoms with Crippen molar-refractivity contribution >= 4 is 5.91 Å². The number of hydrogen-bond donors (Lipinski definition) is 1. The molecule has 0 bridgehead atoms. The first-order chi connectivity index (χ1) is 9.54. The SMILES string of the molecule is CC(C)CNC(=O)c1cc(Cc2ccc(F)cc2)no1. The lowest BCUT2D eigenvalue weighted by atomic mass is 10.1. The summed E-state index contributed by atoms with van der Waals surface area (Å²) in [6.45, 7) is 4.62. The first kappa shape index (κ1) is 14.2. The molecule has 20 heavy (non-hydrogen) atoms. The molecule has 0 aliphatic carbocycles. The van der Waals surface area contributed by atoms with Gasteiger partial charge in [-0.25, -0.2) is 4.39 Å². The van der Waals surface area contributed by atoms with Crippen LogP contribution in [-0.4, -0.2) is 17.6 Å². The van der Waals surface area contributed by atoms with Gasteiger partial charge in [-0.15, -0.1) is 0 Å². The lowest BCUT2D eigenvalue weighted by molar-refractivity contribution is 0.0912. The standard InChI is InChI=1S/C15H17FN2O2/c1-10(2)9-17-15(19)14-8-13(18-20-14)7-11-3-5-12(16)6-4-11/h3-6,8,10H,7,9H2,1-2H3,(H,17,19). The fourth-order valence-corrected chi connectivity index (χ4v) is 1.70. The van der Waals surface area contributed by atoms with E-state index in [0.29, 0.717) is 24.6 Å². The maximum Gasteiger partial charge on any atom is 0.289 e. The van der Waals surface area contributed by atoms with Crippen LogP contribution >= 0.6 is 0 Å². The number of halogens is 1. The van der Waals surface area contributed by atoms with Crippen molar-refractivity contribution in [2.75, 3.05) is 6.54 Å². The van der Waals surface area contributed by atoms with Crippen LogP contribution in [-0.2, 0) is 6.42 Å². The molecule has 0 unspecified atom stereocenters. The Labute approximate surface area is 117 Å². The van der Waals surface area contributed by atoms with Gasteiger partial charge < -0.3 is 9.84 Å². The number of amides is 1. The number of nitrogens with one attached hydrogen (secondary N) is 1. The lowest BCUT2D eigenvalue weighted by Gasteiger charge is -2.04. The maximum absolute atomic E-state index is 12.8. The van der Waals surface area contributed by atoms with Crippen LogP contribution in [0.3, 0.4) is 0 Å². The highest BCUT2D eigenvalue weighted by Crippen LogP contribution is 2.11. The van der Waals surface area contributed by atoms with Gasteiger partial charge in [0.05, 0.1) is 5.69 Å². The molecule has 2 aromatic rings. The maximum atomic E-state index is 12.8. The predicted molar refractivity (Wildman–Crippen MR) is 72.9 cm³/mol. The molecule has 1 aromatic heterocycles. The van der Waals surface area contributed by atoms with Gasteiger partial charge in [0.15, 0.2) is 0 Å². The number of rotatable bonds is 5. The predicted octanol–water partition coefficient (Wildman–Crippen LogP) is 2.79. The van der Waals surface area contributed by atoms with Crippen molar-refractivity contribution in [1.29, 1.82) is 0 Å². The van der Waals surface area contributed by atoms with Crippen LogP contribution in [0.1, 0.15) is 35.7 Å². The smallest absolute Gasteiger partial charge is 0.289 e. The molecule has 0 saturated carbocycles. The monoisotopic (exact) mass is 276 g/mol. The Morgan fingerprint density at radius 3 is 2.70 bits per heavy atom. The number of carbonyl (C=O) groups is 1. The summed E-state index contributed by atoms with van der Waals surface area (Å²) in [5, 5.41) is 6.61. The van der Waals surface area contributed by atoms with Crippen LogP contribution in [0.4, 0.5) is 4.39 Å². The molecule has 1 N–H and O–H groups in total. The van der Waals surface area contributed by atoms with Crippen molar-refractivity contribution in [3.8, 4) is 0 Å². The summed E-state index contributed by atoms with van der Waals surface area (Å²) in [7, 11) is 0. The average Bonchev–Trinajstić information content (AvgIpc) is 2.87. The van der Waals surface area contributed by atoms with Crippen molar-refractivity contribution in [1.82, 2.24) is 10.5 Å². The Bertz CT molecular complexity index is 576. The Kier molecular flexibility index (Phi) is 4.50. The molecular weight excluding hydrogens is 259 g/mol. The van der Waals surface area contributed by atoms with Gasteiger partial charge in [-0.05, 0) is 23.6 Å². The van der Waals surface area contributed by atoms with Crippen molar-refractivity contribution in [3.63, 3.8) is 0 Å². The van der Waals surface area contributed by atoms with Gasteiger partial charge in [0, 0.05) is 19.0 Å². The summed E-state index contributed by atoms with van der Waals surface area (Å²) >= 11 is 0. The molecule has 0 atom stereocenters. The van der Waals surface area contributed by atoms with E-state index in [4.69, 9.17) is 4.52 Å². The molecule has 106 valence electrons. The zero-order chi connectivity index (χ0) is 14.5. The van der Waals surface area contributed by atoms with Crippen LogP contribution in [0, 0.1) is 11.7 Å². The normalized spacial score (nSPS) is 10.8. The summed E-state index contributed by atoms with van der Waals surface area (Å²) in [6.07, 6.45) is 0.501. The second-order valence-electron chi connectivity index (χ2n) is 5.09. The Hall–Kier alpha value is -2.17. The molecule has 0 spiro atoms. The van der Waals surface area contributed by atoms with E-state index in [1.165, 1.54) is 12.1 Å². The average molecular weight is 276 g/mol. The molecule has 0 fully saturated rings. The van der Waals surface area contributed by atoms with Crippen molar-refractivity contribution < 1.29 is 13.7 Å². The van der Waals surface area contributed by atoms with E-state index in [9.17, 15) is 9.18 Å². The van der Waals surface area contributed by atoms with E-state index in [1.54, 1.807) is 18.2 Å². The van der Waals surface area contributed by atoms with Crippen LogP contribution in [0.5, 0.6) is 0 Å². The van der Waals surface area contributed by atoms with E-state index in [-0.39, 0.29) is 17.5 Å². The molecule has 0 radical (unpaired) electrons. The number of nitrogens with zero attached hydrogens (tertiary/aromatic N) is 1. The minimum absolute atomic E-state index is 0.197. The summed E-state index contributed by atoms with van der Waals surface area (Å²) in [5.74, 6) is 0.0301. The third-order valence-corrected chi connectivity index (χ3v) is 2.75. The zero-order valence-electron chi connectivity index (χ0n) is 11.5. The van der Waals surface area contributed by atoms with Crippen LogP contribution in [0.15, 0.2) is 34.9 Å². The van der Waals surface area contributed by atoms with Gasteiger partial charge in [0.25, 0.3) is 5.91 Å². The van der Waals surface area contributed by atoms with Crippen LogP contribution in [0.2, 0.25) is 0 Å². The van der Waals surface area contributed by atoms with Gasteiger partial charge in [-0.2, -0.15) is 0 Å². The van der Waals surface area contributed by atoms with Gasteiger partial charge in [-0.1, -0.05) is 31.1 Å². The summed E-state index contributed by atoms with van der Waals surface area (Å²) in [6, 6.07) is 7.77. The number of hydrogen-bond acceptors (Lipinski definition) is 3. The Balaban J connectivity index is 1.98. The van der Waals surface area contributed by atoms with E-state index in [2.05, 4.69) is 10.5 Å². The van der Waals surface area contributed by atoms with Gasteiger partial charge >= 0.3 is 0 Å². The van der Waals surface area contributed by atoms with Crippen molar-refractivity contribution in [3.05, 3.63) is 53.2 Å². The fourth-order valence-electron chi connectivity index (χ4n) is 1.70. The molecule has 2 rings (SSSR count). The van der Waals surface area contributed by atoms with E-state index in [0.717, 1.165) is 5.56 Å². The number of aromatic nitrogens is 1. The molecule has 1 amide bonds. The van der Waals surface area contributed by atoms with Gasteiger partial charge in [0.1, 0.15) is 5.82 Å². The Morgan fingerprint density at radius 2 is 2.05 bits per heavy atom. The molecule has 0 aliphatic rings. The second-order valence-corrected chi connectivity index (χ2v) is 5.09. The minimum Gasteiger partial charge on any atom is -0.351 e. The second kappa shape index (κ2) is 6.32. The van der Waals surface area contributed by atoms with Gasteiger partial charge in [0.2, 0.25) is 5.76 Å². The summed E-state index contributed by atoms with van der Waals surface area (Å²) < 4.78 is 17.8. The number of carbonyl (C=O) groups excluding carboxylic acids is 1. The van der Waals surface area contributed by atoms with Gasteiger partial charge in [-0.3, -0.25) is 4.79 Å². The van der Waals surface area contributed by atoms with Crippen LogP contribution in [0.25, 0.3) is 0 Å².